The maximum atomic E-state index is 12.7. The van der Waals surface area contributed by atoms with Crippen LogP contribution in [0.25, 0.3) is 0 Å². The van der Waals surface area contributed by atoms with Gasteiger partial charge in [-0.2, -0.15) is 4.31 Å². The van der Waals surface area contributed by atoms with E-state index in [4.69, 9.17) is 0 Å². The van der Waals surface area contributed by atoms with Gasteiger partial charge in [0, 0.05) is 26.3 Å². The first-order valence-corrected chi connectivity index (χ1v) is 10.7. The lowest BCUT2D eigenvalue weighted by atomic mass is 10.1. The summed E-state index contributed by atoms with van der Waals surface area (Å²) in [5.41, 5.74) is 0.730. The Hall–Kier alpha value is -2.53. The number of hydrogen-bond donors (Lipinski definition) is 1. The molecule has 1 N–H and O–H groups in total. The van der Waals surface area contributed by atoms with Crippen molar-refractivity contribution in [2.45, 2.75) is 37.1 Å². The molecule has 0 radical (unpaired) electrons. The van der Waals surface area contributed by atoms with Crippen molar-refractivity contribution in [2.75, 3.05) is 13.1 Å². The molecule has 30 heavy (non-hydrogen) atoms. The summed E-state index contributed by atoms with van der Waals surface area (Å²) in [4.78, 5) is 12.7. The normalized spacial score (nSPS) is 16.4. The lowest BCUT2D eigenvalue weighted by Gasteiger charge is -2.15. The summed E-state index contributed by atoms with van der Waals surface area (Å²) in [7, 11) is -2.07. The van der Waals surface area contributed by atoms with Gasteiger partial charge >= 0.3 is 6.36 Å². The van der Waals surface area contributed by atoms with Crippen LogP contribution in [0, 0.1) is 0 Å². The molecule has 1 aliphatic rings. The van der Waals surface area contributed by atoms with Crippen LogP contribution in [-0.2, 0) is 17.1 Å². The summed E-state index contributed by atoms with van der Waals surface area (Å²) in [6.07, 6.45) is -1.76. The summed E-state index contributed by atoms with van der Waals surface area (Å²) >= 11 is 0. The molecule has 164 valence electrons. The Morgan fingerprint density at radius 3 is 2.33 bits per heavy atom. The summed E-state index contributed by atoms with van der Waals surface area (Å²) in [5.74, 6) is -0.854. The SMILES string of the molecule is CC(NC(=O)c1cc(S(=O)(=O)N2CCCC2)cn1C)c1ccc(OC(F)(F)F)cc1. The number of nitrogens with one attached hydrogen (secondary N) is 1. The van der Waals surface area contributed by atoms with E-state index in [0.717, 1.165) is 25.0 Å². The van der Waals surface area contributed by atoms with Crippen LogP contribution >= 0.6 is 0 Å². The van der Waals surface area contributed by atoms with Crippen molar-refractivity contribution in [2.24, 2.45) is 7.05 Å². The van der Waals surface area contributed by atoms with Crippen molar-refractivity contribution in [1.82, 2.24) is 14.2 Å². The number of benzene rings is 1. The standard InChI is InChI=1S/C19H22F3N3O4S/c1-13(14-5-7-15(8-6-14)29-19(20,21)22)23-18(26)17-11-16(12-24(17)2)30(27,28)25-9-3-4-10-25/h5-8,11-13H,3-4,9-10H2,1-2H3,(H,23,26). The van der Waals surface area contributed by atoms with Gasteiger partial charge in [-0.1, -0.05) is 12.1 Å². The summed E-state index contributed by atoms with van der Waals surface area (Å²) < 4.78 is 68.8. The van der Waals surface area contributed by atoms with Crippen LogP contribution in [0.1, 0.15) is 41.9 Å². The van der Waals surface area contributed by atoms with E-state index in [1.807, 2.05) is 0 Å². The molecule has 11 heteroatoms. The van der Waals surface area contributed by atoms with E-state index in [-0.39, 0.29) is 16.3 Å². The minimum absolute atomic E-state index is 0.0540. The predicted molar refractivity (Wildman–Crippen MR) is 102 cm³/mol. The van der Waals surface area contributed by atoms with Gasteiger partial charge in [-0.25, -0.2) is 8.42 Å². The van der Waals surface area contributed by atoms with E-state index in [0.29, 0.717) is 18.7 Å². The third-order valence-electron chi connectivity index (χ3n) is 4.88. The van der Waals surface area contributed by atoms with Gasteiger partial charge in [-0.15, -0.1) is 13.2 Å². The number of hydrogen-bond acceptors (Lipinski definition) is 4. The molecule has 1 saturated heterocycles. The zero-order valence-corrected chi connectivity index (χ0v) is 17.3. The fourth-order valence-corrected chi connectivity index (χ4v) is 4.88. The van der Waals surface area contributed by atoms with Crippen molar-refractivity contribution in [3.8, 4) is 5.75 Å². The smallest absolute Gasteiger partial charge is 0.406 e. The molecular weight excluding hydrogens is 423 g/mol. The highest BCUT2D eigenvalue weighted by atomic mass is 32.2. The predicted octanol–water partition coefficient (Wildman–Crippen LogP) is 3.20. The third kappa shape index (κ3) is 4.96. The number of carbonyl (C=O) groups excluding carboxylic acids is 1. The molecule has 0 saturated carbocycles. The first-order chi connectivity index (χ1) is 14.0. The number of sulfonamides is 1. The van der Waals surface area contributed by atoms with Crippen LogP contribution in [0.3, 0.4) is 0 Å². The second-order valence-electron chi connectivity index (χ2n) is 7.10. The first kappa shape index (κ1) is 22.2. The van der Waals surface area contributed by atoms with Gasteiger partial charge in [0.15, 0.2) is 0 Å². The fraction of sp³-hybridized carbons (Fsp3) is 0.421. The molecule has 1 aliphatic heterocycles. The molecule has 7 nitrogen and oxygen atoms in total. The summed E-state index contributed by atoms with van der Waals surface area (Å²) in [5, 5.41) is 2.72. The second-order valence-corrected chi connectivity index (χ2v) is 9.03. The Bertz CT molecular complexity index is 1010. The lowest BCUT2D eigenvalue weighted by Crippen LogP contribution is -2.28. The molecule has 2 heterocycles. The number of carbonyl (C=O) groups is 1. The Balaban J connectivity index is 1.71. The number of aryl methyl sites for hydroxylation is 1. The summed E-state index contributed by atoms with van der Waals surface area (Å²) in [6, 6.07) is 5.96. The average molecular weight is 445 g/mol. The van der Waals surface area contributed by atoms with Crippen LogP contribution in [0.5, 0.6) is 5.75 Å². The van der Waals surface area contributed by atoms with E-state index in [9.17, 15) is 26.4 Å². The highest BCUT2D eigenvalue weighted by Crippen LogP contribution is 2.25. The zero-order chi connectivity index (χ0) is 22.1. The Labute approximate surface area is 172 Å². The Morgan fingerprint density at radius 2 is 1.77 bits per heavy atom. The van der Waals surface area contributed by atoms with Crippen molar-refractivity contribution in [1.29, 1.82) is 0 Å². The highest BCUT2D eigenvalue weighted by molar-refractivity contribution is 7.89. The molecule has 2 aromatic rings. The van der Waals surface area contributed by atoms with Crippen molar-refractivity contribution >= 4 is 15.9 Å². The van der Waals surface area contributed by atoms with E-state index in [1.165, 1.54) is 33.3 Å². The van der Waals surface area contributed by atoms with Gasteiger partial charge in [0.25, 0.3) is 5.91 Å². The third-order valence-corrected chi connectivity index (χ3v) is 6.74. The fourth-order valence-electron chi connectivity index (χ4n) is 3.29. The number of amides is 1. The molecule has 1 unspecified atom stereocenters. The molecule has 1 fully saturated rings. The Kier molecular flexibility index (Phi) is 6.14. The van der Waals surface area contributed by atoms with Crippen LogP contribution < -0.4 is 10.1 Å². The first-order valence-electron chi connectivity index (χ1n) is 9.30. The van der Waals surface area contributed by atoms with E-state index in [1.54, 1.807) is 14.0 Å². The number of halogens is 3. The van der Waals surface area contributed by atoms with E-state index < -0.39 is 28.3 Å². The Morgan fingerprint density at radius 1 is 1.17 bits per heavy atom. The molecule has 1 atom stereocenters. The quantitative estimate of drug-likeness (QED) is 0.741. The van der Waals surface area contributed by atoms with Gasteiger partial charge in [-0.05, 0) is 43.5 Å². The van der Waals surface area contributed by atoms with Gasteiger partial charge in [-0.3, -0.25) is 4.79 Å². The topological polar surface area (TPSA) is 80.6 Å². The highest BCUT2D eigenvalue weighted by Gasteiger charge is 2.31. The number of rotatable bonds is 6. The molecule has 3 rings (SSSR count). The summed E-state index contributed by atoms with van der Waals surface area (Å²) in [6.45, 7) is 2.59. The minimum atomic E-state index is -4.78. The molecule has 1 amide bonds. The van der Waals surface area contributed by atoms with Crippen LogP contribution in [0.15, 0.2) is 41.4 Å². The number of alkyl halides is 3. The molecular formula is C19H22F3N3O4S. The number of aromatic nitrogens is 1. The van der Waals surface area contributed by atoms with Crippen LogP contribution in [0.4, 0.5) is 13.2 Å². The average Bonchev–Trinajstić information content (AvgIpc) is 3.31. The van der Waals surface area contributed by atoms with Gasteiger partial charge in [0.05, 0.1) is 6.04 Å². The van der Waals surface area contributed by atoms with Gasteiger partial charge in [0.1, 0.15) is 16.3 Å². The van der Waals surface area contributed by atoms with Crippen molar-refractivity contribution in [3.05, 3.63) is 47.8 Å². The van der Waals surface area contributed by atoms with E-state index in [2.05, 4.69) is 10.1 Å². The number of ether oxygens (including phenoxy) is 1. The zero-order valence-electron chi connectivity index (χ0n) is 16.4. The van der Waals surface area contributed by atoms with Crippen molar-refractivity contribution < 1.29 is 31.1 Å². The molecule has 1 aromatic carbocycles. The molecule has 0 bridgehead atoms. The monoisotopic (exact) mass is 445 g/mol. The largest absolute Gasteiger partial charge is 0.573 e. The number of nitrogens with zero attached hydrogens (tertiary/aromatic N) is 2. The van der Waals surface area contributed by atoms with Gasteiger partial charge < -0.3 is 14.6 Å². The maximum Gasteiger partial charge on any atom is 0.573 e. The van der Waals surface area contributed by atoms with Gasteiger partial charge in [0.2, 0.25) is 10.0 Å². The van der Waals surface area contributed by atoms with Crippen molar-refractivity contribution in [3.63, 3.8) is 0 Å². The lowest BCUT2D eigenvalue weighted by molar-refractivity contribution is -0.274. The van der Waals surface area contributed by atoms with Crippen LogP contribution in [0.2, 0.25) is 0 Å². The van der Waals surface area contributed by atoms with E-state index >= 15 is 0 Å². The second kappa shape index (κ2) is 8.31. The minimum Gasteiger partial charge on any atom is -0.406 e. The molecule has 0 aliphatic carbocycles. The molecule has 1 aromatic heterocycles. The maximum absolute atomic E-state index is 12.7. The molecule has 0 spiro atoms. The van der Waals surface area contributed by atoms with Crippen LogP contribution in [-0.4, -0.2) is 42.6 Å².